The van der Waals surface area contributed by atoms with Gasteiger partial charge in [0.1, 0.15) is 16.9 Å². The Balaban J connectivity index is 2.11. The van der Waals surface area contributed by atoms with Gasteiger partial charge in [-0.25, -0.2) is 4.79 Å². The molecule has 2 heterocycles. The molecule has 0 spiro atoms. The number of hydrogen-bond acceptors (Lipinski definition) is 5. The van der Waals surface area contributed by atoms with E-state index in [9.17, 15) is 9.90 Å². The minimum atomic E-state index is -1.14. The van der Waals surface area contributed by atoms with Crippen LogP contribution in [0.2, 0.25) is 0 Å². The molecule has 0 atom stereocenters. The molecule has 0 aliphatic carbocycles. The first-order valence-corrected chi connectivity index (χ1v) is 7.01. The summed E-state index contributed by atoms with van der Waals surface area (Å²) < 4.78 is 12.2. The standard InChI is InChI=1S/C14H23N3O4/c1-6-17-11(10(20-5)7-15-17)14(19)8-16(9-14)12(18)21-13(2,3)4/h7,19H,6,8-9H2,1-5H3. The maximum atomic E-state index is 11.9. The molecule has 0 unspecified atom stereocenters. The highest BCUT2D eigenvalue weighted by Crippen LogP contribution is 2.37. The molecule has 1 aliphatic heterocycles. The molecule has 1 aliphatic rings. The van der Waals surface area contributed by atoms with Gasteiger partial charge in [0.05, 0.1) is 26.4 Å². The number of aryl methyl sites for hydroxylation is 1. The van der Waals surface area contributed by atoms with Gasteiger partial charge in [0.2, 0.25) is 0 Å². The van der Waals surface area contributed by atoms with E-state index in [-0.39, 0.29) is 13.1 Å². The molecule has 1 amide bonds. The summed E-state index contributed by atoms with van der Waals surface area (Å²) in [6, 6.07) is 0. The molecular weight excluding hydrogens is 274 g/mol. The lowest BCUT2D eigenvalue weighted by Crippen LogP contribution is -2.62. The van der Waals surface area contributed by atoms with E-state index in [1.807, 2.05) is 27.7 Å². The highest BCUT2D eigenvalue weighted by atomic mass is 16.6. The zero-order chi connectivity index (χ0) is 15.8. The lowest BCUT2D eigenvalue weighted by Gasteiger charge is -2.46. The maximum absolute atomic E-state index is 11.9. The Morgan fingerprint density at radius 2 is 2.10 bits per heavy atom. The molecule has 7 nitrogen and oxygen atoms in total. The number of likely N-dealkylation sites (tertiary alicyclic amines) is 1. The number of nitrogens with zero attached hydrogens (tertiary/aromatic N) is 3. The first kappa shape index (κ1) is 15.6. The predicted octanol–water partition coefficient (Wildman–Crippen LogP) is 1.35. The lowest BCUT2D eigenvalue weighted by atomic mass is 9.90. The third-order valence-corrected chi connectivity index (χ3v) is 3.32. The molecule has 0 radical (unpaired) electrons. The molecule has 1 N–H and O–H groups in total. The molecule has 7 heteroatoms. The summed E-state index contributed by atoms with van der Waals surface area (Å²) >= 11 is 0. The van der Waals surface area contributed by atoms with Crippen LogP contribution >= 0.6 is 0 Å². The van der Waals surface area contributed by atoms with Crippen molar-refractivity contribution in [1.82, 2.24) is 14.7 Å². The minimum Gasteiger partial charge on any atom is -0.493 e. The molecule has 1 aromatic heterocycles. The topological polar surface area (TPSA) is 76.8 Å². The van der Waals surface area contributed by atoms with Crippen molar-refractivity contribution in [3.8, 4) is 5.75 Å². The van der Waals surface area contributed by atoms with Crippen molar-refractivity contribution in [3.63, 3.8) is 0 Å². The number of ether oxygens (including phenoxy) is 2. The molecule has 118 valence electrons. The smallest absolute Gasteiger partial charge is 0.410 e. The Morgan fingerprint density at radius 3 is 2.57 bits per heavy atom. The van der Waals surface area contributed by atoms with Gasteiger partial charge in [-0.05, 0) is 27.7 Å². The summed E-state index contributed by atoms with van der Waals surface area (Å²) in [5, 5.41) is 14.9. The van der Waals surface area contributed by atoms with E-state index in [0.717, 1.165) is 0 Å². The molecule has 0 aromatic carbocycles. The van der Waals surface area contributed by atoms with Crippen molar-refractivity contribution < 1.29 is 19.4 Å². The van der Waals surface area contributed by atoms with E-state index in [1.54, 1.807) is 10.9 Å². The first-order chi connectivity index (χ1) is 9.70. The third kappa shape index (κ3) is 2.97. The van der Waals surface area contributed by atoms with Crippen LogP contribution in [0.5, 0.6) is 5.75 Å². The number of carbonyl (C=O) groups is 1. The van der Waals surface area contributed by atoms with Crippen molar-refractivity contribution in [3.05, 3.63) is 11.9 Å². The highest BCUT2D eigenvalue weighted by molar-refractivity contribution is 5.70. The lowest BCUT2D eigenvalue weighted by molar-refractivity contribution is -0.109. The van der Waals surface area contributed by atoms with E-state index in [4.69, 9.17) is 9.47 Å². The second-order valence-corrected chi connectivity index (χ2v) is 6.25. The zero-order valence-corrected chi connectivity index (χ0v) is 13.2. The molecule has 0 saturated carbocycles. The molecule has 0 bridgehead atoms. The van der Waals surface area contributed by atoms with Gasteiger partial charge in [0.25, 0.3) is 0 Å². The quantitative estimate of drug-likeness (QED) is 0.911. The van der Waals surface area contributed by atoms with Gasteiger partial charge in [-0.3, -0.25) is 4.68 Å². The van der Waals surface area contributed by atoms with E-state index in [2.05, 4.69) is 5.10 Å². The van der Waals surface area contributed by atoms with E-state index in [1.165, 1.54) is 12.0 Å². The van der Waals surface area contributed by atoms with Crippen molar-refractivity contribution >= 4 is 6.09 Å². The first-order valence-electron chi connectivity index (χ1n) is 7.01. The molecule has 1 saturated heterocycles. The summed E-state index contributed by atoms with van der Waals surface area (Å²) in [5.41, 5.74) is -1.09. The second-order valence-electron chi connectivity index (χ2n) is 6.25. The summed E-state index contributed by atoms with van der Waals surface area (Å²) in [6.45, 7) is 8.33. The van der Waals surface area contributed by atoms with Crippen LogP contribution in [0.3, 0.4) is 0 Å². The maximum Gasteiger partial charge on any atom is 0.410 e. The Kier molecular flexibility index (Phi) is 3.88. The molecule has 1 fully saturated rings. The molecular formula is C14H23N3O4. The largest absolute Gasteiger partial charge is 0.493 e. The Hall–Kier alpha value is -1.76. The SMILES string of the molecule is CCn1ncc(OC)c1C1(O)CN(C(=O)OC(C)(C)C)C1. The predicted molar refractivity (Wildman–Crippen MR) is 76.2 cm³/mol. The summed E-state index contributed by atoms with van der Waals surface area (Å²) in [7, 11) is 1.54. The Morgan fingerprint density at radius 1 is 1.48 bits per heavy atom. The molecule has 21 heavy (non-hydrogen) atoms. The average Bonchev–Trinajstić information content (AvgIpc) is 2.75. The van der Waals surface area contributed by atoms with Gasteiger partial charge in [0.15, 0.2) is 5.75 Å². The summed E-state index contributed by atoms with van der Waals surface area (Å²) in [5.74, 6) is 0.531. The van der Waals surface area contributed by atoms with Gasteiger partial charge in [-0.15, -0.1) is 0 Å². The number of hydrogen-bond donors (Lipinski definition) is 1. The van der Waals surface area contributed by atoms with Gasteiger partial charge < -0.3 is 19.5 Å². The van der Waals surface area contributed by atoms with Gasteiger partial charge in [-0.2, -0.15) is 5.10 Å². The Labute approximate surface area is 124 Å². The normalized spacial score (nSPS) is 17.3. The molecule has 1 aromatic rings. The number of amides is 1. The third-order valence-electron chi connectivity index (χ3n) is 3.32. The zero-order valence-electron chi connectivity index (χ0n) is 13.2. The Bertz CT molecular complexity index is 505. The number of aromatic nitrogens is 2. The van der Waals surface area contributed by atoms with Crippen molar-refractivity contribution in [2.75, 3.05) is 20.2 Å². The van der Waals surface area contributed by atoms with E-state index < -0.39 is 17.3 Å². The van der Waals surface area contributed by atoms with Gasteiger partial charge in [-0.1, -0.05) is 0 Å². The van der Waals surface area contributed by atoms with Crippen LogP contribution in [-0.2, 0) is 16.9 Å². The van der Waals surface area contributed by atoms with Crippen LogP contribution in [0.25, 0.3) is 0 Å². The van der Waals surface area contributed by atoms with Crippen LogP contribution in [0.4, 0.5) is 4.79 Å². The number of methoxy groups -OCH3 is 1. The number of β-amino-alcohol motifs (C(OH)–C–C–N with tert-alkyl or cyclic N) is 1. The van der Waals surface area contributed by atoms with Gasteiger partial charge in [0, 0.05) is 6.54 Å². The highest BCUT2D eigenvalue weighted by Gasteiger charge is 2.50. The van der Waals surface area contributed by atoms with Crippen LogP contribution in [0.1, 0.15) is 33.4 Å². The van der Waals surface area contributed by atoms with Crippen LogP contribution in [0, 0.1) is 0 Å². The van der Waals surface area contributed by atoms with Crippen molar-refractivity contribution in [1.29, 1.82) is 0 Å². The van der Waals surface area contributed by atoms with E-state index >= 15 is 0 Å². The minimum absolute atomic E-state index is 0.171. The monoisotopic (exact) mass is 297 g/mol. The number of rotatable bonds is 3. The molecule has 2 rings (SSSR count). The fourth-order valence-corrected chi connectivity index (χ4v) is 2.42. The van der Waals surface area contributed by atoms with Crippen molar-refractivity contribution in [2.24, 2.45) is 0 Å². The average molecular weight is 297 g/mol. The van der Waals surface area contributed by atoms with Crippen molar-refractivity contribution in [2.45, 2.75) is 45.4 Å². The fourth-order valence-electron chi connectivity index (χ4n) is 2.42. The fraction of sp³-hybridized carbons (Fsp3) is 0.714. The summed E-state index contributed by atoms with van der Waals surface area (Å²) in [6.07, 6.45) is 1.15. The van der Waals surface area contributed by atoms with Gasteiger partial charge >= 0.3 is 6.09 Å². The second kappa shape index (κ2) is 5.22. The summed E-state index contributed by atoms with van der Waals surface area (Å²) in [4.78, 5) is 13.4. The van der Waals surface area contributed by atoms with Crippen LogP contribution in [0.15, 0.2) is 6.20 Å². The number of aliphatic hydroxyl groups is 1. The van der Waals surface area contributed by atoms with Crippen LogP contribution in [-0.4, -0.2) is 51.7 Å². The number of carbonyl (C=O) groups excluding carboxylic acids is 1. The van der Waals surface area contributed by atoms with Crippen LogP contribution < -0.4 is 4.74 Å². The van der Waals surface area contributed by atoms with E-state index in [0.29, 0.717) is 18.0 Å².